The van der Waals surface area contributed by atoms with E-state index in [-0.39, 0.29) is 24.0 Å². The molecule has 0 spiro atoms. The SMILES string of the molecule is CC1CCN(C2CCC(NC(=NCc3cccs3)NCCc3ccco3)CC2)CC1.I. The number of rotatable bonds is 7. The molecule has 4 rings (SSSR count). The second kappa shape index (κ2) is 12.8. The Hall–Kier alpha value is -1.06. The minimum Gasteiger partial charge on any atom is -0.469 e. The second-order valence-electron chi connectivity index (χ2n) is 8.87. The maximum absolute atomic E-state index is 5.46. The Bertz CT molecular complexity index is 749. The maximum Gasteiger partial charge on any atom is 0.191 e. The molecule has 2 fully saturated rings. The van der Waals surface area contributed by atoms with Gasteiger partial charge in [-0.05, 0) is 81.1 Å². The molecule has 2 aromatic heterocycles. The molecule has 172 valence electrons. The molecule has 31 heavy (non-hydrogen) atoms. The number of halogens is 1. The Labute approximate surface area is 208 Å². The molecule has 0 amide bonds. The van der Waals surface area contributed by atoms with Crippen LogP contribution in [-0.4, -0.2) is 42.6 Å². The number of furan rings is 1. The van der Waals surface area contributed by atoms with Gasteiger partial charge in [0.15, 0.2) is 5.96 Å². The summed E-state index contributed by atoms with van der Waals surface area (Å²) in [6.45, 7) is 6.55. The van der Waals surface area contributed by atoms with Crippen LogP contribution in [0.1, 0.15) is 56.1 Å². The Morgan fingerprint density at radius 2 is 1.94 bits per heavy atom. The number of hydrogen-bond acceptors (Lipinski definition) is 4. The molecule has 0 radical (unpaired) electrons. The second-order valence-corrected chi connectivity index (χ2v) is 9.90. The van der Waals surface area contributed by atoms with E-state index in [2.05, 4.69) is 40.0 Å². The van der Waals surface area contributed by atoms with Crippen LogP contribution >= 0.6 is 35.3 Å². The van der Waals surface area contributed by atoms with Crippen molar-refractivity contribution in [2.45, 2.75) is 70.5 Å². The van der Waals surface area contributed by atoms with Crippen LogP contribution in [0.15, 0.2) is 45.3 Å². The van der Waals surface area contributed by atoms with Gasteiger partial charge in [0, 0.05) is 29.9 Å². The van der Waals surface area contributed by atoms with Crippen molar-refractivity contribution in [3.63, 3.8) is 0 Å². The van der Waals surface area contributed by atoms with Gasteiger partial charge < -0.3 is 20.0 Å². The number of nitrogens with zero attached hydrogens (tertiary/aromatic N) is 2. The summed E-state index contributed by atoms with van der Waals surface area (Å²) in [5, 5.41) is 9.36. The minimum absolute atomic E-state index is 0. The number of likely N-dealkylation sites (tertiary alicyclic amines) is 1. The topological polar surface area (TPSA) is 52.8 Å². The van der Waals surface area contributed by atoms with Crippen LogP contribution in [0.25, 0.3) is 0 Å². The lowest BCUT2D eigenvalue weighted by Crippen LogP contribution is -2.49. The molecule has 0 aromatic carbocycles. The highest BCUT2D eigenvalue weighted by Gasteiger charge is 2.28. The van der Waals surface area contributed by atoms with Gasteiger partial charge in [-0.25, -0.2) is 4.99 Å². The predicted molar refractivity (Wildman–Crippen MR) is 140 cm³/mol. The van der Waals surface area contributed by atoms with E-state index in [1.54, 1.807) is 17.6 Å². The fourth-order valence-electron chi connectivity index (χ4n) is 4.64. The normalized spacial score (nSPS) is 23.3. The highest BCUT2D eigenvalue weighted by molar-refractivity contribution is 14.0. The van der Waals surface area contributed by atoms with Gasteiger partial charge in [0.1, 0.15) is 5.76 Å². The Morgan fingerprint density at radius 1 is 1.13 bits per heavy atom. The third-order valence-electron chi connectivity index (χ3n) is 6.59. The smallest absolute Gasteiger partial charge is 0.191 e. The Balaban J connectivity index is 0.00000272. The molecule has 2 aromatic rings. The first kappa shape index (κ1) is 24.6. The fraction of sp³-hybridized carbons (Fsp3) is 0.625. The molecule has 0 unspecified atom stereocenters. The van der Waals surface area contributed by atoms with Gasteiger partial charge in [-0.3, -0.25) is 0 Å². The largest absolute Gasteiger partial charge is 0.469 e. The highest BCUT2D eigenvalue weighted by atomic mass is 127. The van der Waals surface area contributed by atoms with E-state index in [9.17, 15) is 0 Å². The zero-order valence-corrected chi connectivity index (χ0v) is 21.7. The first-order valence-corrected chi connectivity index (χ1v) is 12.5. The molecule has 5 nitrogen and oxygen atoms in total. The van der Waals surface area contributed by atoms with E-state index in [0.29, 0.717) is 6.04 Å². The third kappa shape index (κ3) is 7.79. The molecule has 1 aliphatic heterocycles. The van der Waals surface area contributed by atoms with Crippen LogP contribution < -0.4 is 10.6 Å². The number of hydrogen-bond donors (Lipinski definition) is 2. The van der Waals surface area contributed by atoms with Gasteiger partial charge in [0.2, 0.25) is 0 Å². The molecule has 1 aliphatic carbocycles. The van der Waals surface area contributed by atoms with Gasteiger partial charge in [-0.2, -0.15) is 0 Å². The van der Waals surface area contributed by atoms with Crippen LogP contribution in [0.3, 0.4) is 0 Å². The quantitative estimate of drug-likeness (QED) is 0.277. The summed E-state index contributed by atoms with van der Waals surface area (Å²) in [4.78, 5) is 8.91. The van der Waals surface area contributed by atoms with Crippen molar-refractivity contribution in [3.05, 3.63) is 46.5 Å². The molecule has 1 saturated heterocycles. The van der Waals surface area contributed by atoms with Crippen molar-refractivity contribution in [2.24, 2.45) is 10.9 Å². The minimum atomic E-state index is 0. The van der Waals surface area contributed by atoms with Crippen molar-refractivity contribution in [3.8, 4) is 0 Å². The van der Waals surface area contributed by atoms with Gasteiger partial charge in [-0.15, -0.1) is 35.3 Å². The van der Waals surface area contributed by atoms with Crippen LogP contribution in [0.4, 0.5) is 0 Å². The number of nitrogens with one attached hydrogen (secondary N) is 2. The molecule has 7 heteroatoms. The van der Waals surface area contributed by atoms with E-state index in [1.165, 1.54) is 56.5 Å². The lowest BCUT2D eigenvalue weighted by atomic mass is 9.88. The monoisotopic (exact) mass is 556 g/mol. The van der Waals surface area contributed by atoms with Gasteiger partial charge in [-0.1, -0.05) is 13.0 Å². The van der Waals surface area contributed by atoms with Crippen molar-refractivity contribution in [1.82, 2.24) is 15.5 Å². The lowest BCUT2D eigenvalue weighted by Gasteiger charge is -2.40. The summed E-state index contributed by atoms with van der Waals surface area (Å²) in [6.07, 6.45) is 10.4. The maximum atomic E-state index is 5.46. The molecule has 2 N–H and O–H groups in total. The first-order chi connectivity index (χ1) is 14.8. The molecule has 2 aliphatic rings. The van der Waals surface area contributed by atoms with Crippen molar-refractivity contribution in [1.29, 1.82) is 0 Å². The molecular formula is C24H37IN4OS. The van der Waals surface area contributed by atoms with E-state index in [1.807, 2.05) is 12.1 Å². The van der Waals surface area contributed by atoms with Crippen LogP contribution in [0.5, 0.6) is 0 Å². The summed E-state index contributed by atoms with van der Waals surface area (Å²) in [7, 11) is 0. The highest BCUT2D eigenvalue weighted by Crippen LogP contribution is 2.27. The average molecular weight is 557 g/mol. The molecule has 0 bridgehead atoms. The van der Waals surface area contributed by atoms with E-state index in [4.69, 9.17) is 9.41 Å². The third-order valence-corrected chi connectivity index (χ3v) is 7.45. The average Bonchev–Trinajstić information content (AvgIpc) is 3.47. The van der Waals surface area contributed by atoms with Gasteiger partial charge in [0.05, 0.1) is 12.8 Å². The van der Waals surface area contributed by atoms with Gasteiger partial charge in [0.25, 0.3) is 0 Å². The van der Waals surface area contributed by atoms with Crippen molar-refractivity contribution in [2.75, 3.05) is 19.6 Å². The summed E-state index contributed by atoms with van der Waals surface area (Å²) >= 11 is 1.77. The summed E-state index contributed by atoms with van der Waals surface area (Å²) in [6, 6.07) is 9.52. The van der Waals surface area contributed by atoms with E-state index in [0.717, 1.165) is 43.2 Å². The summed E-state index contributed by atoms with van der Waals surface area (Å²) in [5.41, 5.74) is 0. The van der Waals surface area contributed by atoms with Crippen LogP contribution in [0, 0.1) is 5.92 Å². The van der Waals surface area contributed by atoms with E-state index >= 15 is 0 Å². The number of thiophene rings is 1. The standard InChI is InChI=1S/C24H36N4OS.HI/c1-19-11-14-28(15-12-19)21-8-6-20(7-9-21)27-24(26-18-23-5-3-17-30-23)25-13-10-22-4-2-16-29-22;/h2-5,16-17,19-21H,6-15,18H2,1H3,(H2,25,26,27);1H. The Kier molecular flexibility index (Phi) is 10.2. The van der Waals surface area contributed by atoms with Gasteiger partial charge >= 0.3 is 0 Å². The summed E-state index contributed by atoms with van der Waals surface area (Å²) < 4.78 is 5.46. The fourth-order valence-corrected chi connectivity index (χ4v) is 5.27. The molecule has 1 saturated carbocycles. The lowest BCUT2D eigenvalue weighted by molar-refractivity contribution is 0.105. The zero-order valence-electron chi connectivity index (χ0n) is 18.6. The van der Waals surface area contributed by atoms with Crippen LogP contribution in [0.2, 0.25) is 0 Å². The first-order valence-electron chi connectivity index (χ1n) is 11.6. The van der Waals surface area contributed by atoms with Crippen molar-refractivity contribution < 1.29 is 4.42 Å². The number of guanidine groups is 1. The number of piperidine rings is 1. The zero-order chi connectivity index (χ0) is 20.6. The molecular weight excluding hydrogens is 519 g/mol. The molecule has 0 atom stereocenters. The van der Waals surface area contributed by atoms with Crippen molar-refractivity contribution >= 4 is 41.3 Å². The predicted octanol–water partition coefficient (Wildman–Crippen LogP) is 5.28. The number of aliphatic imine (C=N–C) groups is 1. The molecule has 3 heterocycles. The Morgan fingerprint density at radius 3 is 2.61 bits per heavy atom. The van der Waals surface area contributed by atoms with Crippen LogP contribution in [-0.2, 0) is 13.0 Å². The summed E-state index contributed by atoms with van der Waals surface area (Å²) in [5.74, 6) is 2.86. The van der Waals surface area contributed by atoms with E-state index < -0.39 is 0 Å².